The maximum absolute atomic E-state index is 4.52. The van der Waals surface area contributed by atoms with E-state index in [1.54, 1.807) is 17.5 Å². The van der Waals surface area contributed by atoms with E-state index < -0.39 is 0 Å². The van der Waals surface area contributed by atoms with Crippen LogP contribution in [0.25, 0.3) is 5.65 Å². The molecule has 0 aromatic carbocycles. The van der Waals surface area contributed by atoms with Gasteiger partial charge in [-0.1, -0.05) is 0 Å². The van der Waals surface area contributed by atoms with Gasteiger partial charge in [-0.2, -0.15) is 0 Å². The summed E-state index contributed by atoms with van der Waals surface area (Å²) >= 11 is 1.75. The van der Waals surface area contributed by atoms with E-state index in [1.165, 1.54) is 10.4 Å². The second-order valence-corrected chi connectivity index (χ2v) is 5.26. The average molecular weight is 273 g/mol. The van der Waals surface area contributed by atoms with Crippen LogP contribution in [0.3, 0.4) is 0 Å². The van der Waals surface area contributed by atoms with Crippen molar-refractivity contribution in [2.45, 2.75) is 13.5 Å². The second kappa shape index (κ2) is 4.89. The molecule has 98 valence electrons. The van der Waals surface area contributed by atoms with Gasteiger partial charge in [0.15, 0.2) is 11.5 Å². The lowest BCUT2D eigenvalue weighted by Crippen LogP contribution is -2.05. The Bertz CT molecular complexity index is 700. The molecular formula is C13H15N5S. The third-order valence-corrected chi connectivity index (χ3v) is 4.04. The summed E-state index contributed by atoms with van der Waals surface area (Å²) in [5, 5.41) is 8.53. The minimum Gasteiger partial charge on any atom is -0.372 e. The number of nitrogens with one attached hydrogen (secondary N) is 2. The van der Waals surface area contributed by atoms with Gasteiger partial charge in [0.05, 0.1) is 12.7 Å². The Balaban J connectivity index is 1.91. The average Bonchev–Trinajstić information content (AvgIpc) is 3.04. The second-order valence-electron chi connectivity index (χ2n) is 4.26. The number of aromatic nitrogens is 3. The van der Waals surface area contributed by atoms with Crippen LogP contribution in [0.4, 0.5) is 11.6 Å². The largest absolute Gasteiger partial charge is 0.372 e. The highest BCUT2D eigenvalue weighted by atomic mass is 32.1. The number of thiophene rings is 1. The van der Waals surface area contributed by atoms with E-state index in [1.807, 2.05) is 23.8 Å². The molecule has 0 saturated heterocycles. The molecule has 0 aliphatic carbocycles. The van der Waals surface area contributed by atoms with Crippen LogP contribution in [0.15, 0.2) is 30.0 Å². The maximum atomic E-state index is 4.52. The van der Waals surface area contributed by atoms with Gasteiger partial charge in [-0.3, -0.25) is 0 Å². The van der Waals surface area contributed by atoms with Crippen molar-refractivity contribution in [3.05, 3.63) is 40.5 Å². The number of anilines is 2. The molecule has 0 unspecified atom stereocenters. The number of nitrogens with zero attached hydrogens (tertiary/aromatic N) is 3. The van der Waals surface area contributed by atoms with E-state index in [-0.39, 0.29) is 0 Å². The Hall–Kier alpha value is -2.08. The van der Waals surface area contributed by atoms with Crippen molar-refractivity contribution < 1.29 is 0 Å². The van der Waals surface area contributed by atoms with Crippen molar-refractivity contribution in [2.75, 3.05) is 17.7 Å². The predicted octanol–water partition coefficient (Wildman–Crippen LogP) is 2.75. The van der Waals surface area contributed by atoms with Crippen LogP contribution in [0.2, 0.25) is 0 Å². The summed E-state index contributed by atoms with van der Waals surface area (Å²) in [7, 11) is 1.86. The lowest BCUT2D eigenvalue weighted by Gasteiger charge is -2.09. The molecule has 0 atom stereocenters. The quantitative estimate of drug-likeness (QED) is 0.767. The van der Waals surface area contributed by atoms with Crippen LogP contribution in [0.1, 0.15) is 10.4 Å². The minimum absolute atomic E-state index is 0.770. The van der Waals surface area contributed by atoms with Crippen LogP contribution in [0, 0.1) is 6.92 Å². The summed E-state index contributed by atoms with van der Waals surface area (Å²) in [5.74, 6) is 1.61. The number of hydrogen-bond acceptors (Lipinski definition) is 5. The van der Waals surface area contributed by atoms with E-state index in [0.717, 1.165) is 23.8 Å². The molecule has 0 fully saturated rings. The highest BCUT2D eigenvalue weighted by molar-refractivity contribution is 7.10. The van der Waals surface area contributed by atoms with Gasteiger partial charge < -0.3 is 15.0 Å². The van der Waals surface area contributed by atoms with Gasteiger partial charge >= 0.3 is 0 Å². The molecule has 3 aromatic heterocycles. The summed E-state index contributed by atoms with van der Waals surface area (Å²) in [6, 6.07) is 2.13. The Kier molecular flexibility index (Phi) is 3.08. The van der Waals surface area contributed by atoms with Gasteiger partial charge in [-0.25, -0.2) is 9.97 Å². The first-order valence-electron chi connectivity index (χ1n) is 6.06. The molecule has 0 amide bonds. The van der Waals surface area contributed by atoms with Crippen molar-refractivity contribution in [1.29, 1.82) is 0 Å². The first kappa shape index (κ1) is 12.0. The first-order chi connectivity index (χ1) is 9.28. The Labute approximate surface area is 115 Å². The predicted molar refractivity (Wildman–Crippen MR) is 78.9 cm³/mol. The summed E-state index contributed by atoms with van der Waals surface area (Å²) in [6.45, 7) is 2.89. The van der Waals surface area contributed by atoms with E-state index >= 15 is 0 Å². The number of fused-ring (bicyclic) bond motifs is 1. The molecule has 3 rings (SSSR count). The topological polar surface area (TPSA) is 54.2 Å². The highest BCUT2D eigenvalue weighted by Crippen LogP contribution is 2.20. The third-order valence-electron chi connectivity index (χ3n) is 3.01. The molecule has 3 aromatic rings. The van der Waals surface area contributed by atoms with Crippen molar-refractivity contribution in [1.82, 2.24) is 14.4 Å². The fourth-order valence-electron chi connectivity index (χ4n) is 1.92. The molecule has 0 spiro atoms. The molecule has 0 saturated carbocycles. The molecule has 19 heavy (non-hydrogen) atoms. The molecule has 0 radical (unpaired) electrons. The van der Waals surface area contributed by atoms with Crippen LogP contribution in [-0.2, 0) is 6.54 Å². The highest BCUT2D eigenvalue weighted by Gasteiger charge is 2.07. The van der Waals surface area contributed by atoms with E-state index in [2.05, 4.69) is 39.0 Å². The SMILES string of the molecule is CNc1cn2ccnc2c(NCc2sccc2C)n1. The Morgan fingerprint density at radius 3 is 3.05 bits per heavy atom. The van der Waals surface area contributed by atoms with Crippen molar-refractivity contribution in [3.63, 3.8) is 0 Å². The normalized spacial score (nSPS) is 10.8. The van der Waals surface area contributed by atoms with Crippen molar-refractivity contribution in [3.8, 4) is 0 Å². The standard InChI is InChI=1S/C13H15N5S/c1-9-3-6-19-10(9)7-16-12-13-15-4-5-18(13)8-11(14-2)17-12/h3-6,8,14H,7H2,1-2H3,(H,16,17). The lowest BCUT2D eigenvalue weighted by atomic mass is 10.3. The van der Waals surface area contributed by atoms with Crippen LogP contribution >= 0.6 is 11.3 Å². The van der Waals surface area contributed by atoms with Crippen LogP contribution in [0.5, 0.6) is 0 Å². The van der Waals surface area contributed by atoms with Gasteiger partial charge in [-0.15, -0.1) is 11.3 Å². The molecular weight excluding hydrogens is 258 g/mol. The first-order valence-corrected chi connectivity index (χ1v) is 6.94. The maximum Gasteiger partial charge on any atom is 0.180 e. The van der Waals surface area contributed by atoms with Crippen molar-refractivity contribution in [2.24, 2.45) is 0 Å². The van der Waals surface area contributed by atoms with Crippen molar-refractivity contribution >= 4 is 28.6 Å². The Morgan fingerprint density at radius 2 is 2.32 bits per heavy atom. The number of rotatable bonds is 4. The van der Waals surface area contributed by atoms with E-state index in [4.69, 9.17) is 0 Å². The monoisotopic (exact) mass is 273 g/mol. The van der Waals surface area contributed by atoms with Gasteiger partial charge in [0.2, 0.25) is 0 Å². The van der Waals surface area contributed by atoms with Gasteiger partial charge in [0.25, 0.3) is 0 Å². The zero-order valence-corrected chi connectivity index (χ0v) is 11.7. The summed E-state index contributed by atoms with van der Waals surface area (Å²) in [4.78, 5) is 10.2. The molecule has 2 N–H and O–H groups in total. The van der Waals surface area contributed by atoms with E-state index in [9.17, 15) is 0 Å². The molecule has 3 heterocycles. The van der Waals surface area contributed by atoms with Gasteiger partial charge in [0.1, 0.15) is 5.82 Å². The Morgan fingerprint density at radius 1 is 1.42 bits per heavy atom. The molecule has 0 aliphatic heterocycles. The zero-order valence-electron chi connectivity index (χ0n) is 10.8. The molecule has 0 aliphatic rings. The number of imidazole rings is 1. The summed E-state index contributed by atoms with van der Waals surface area (Å²) < 4.78 is 1.96. The van der Waals surface area contributed by atoms with Crippen LogP contribution in [-0.4, -0.2) is 21.4 Å². The fourth-order valence-corrected chi connectivity index (χ4v) is 2.77. The summed E-state index contributed by atoms with van der Waals surface area (Å²) in [5.41, 5.74) is 2.15. The fraction of sp³-hybridized carbons (Fsp3) is 0.231. The zero-order chi connectivity index (χ0) is 13.2. The van der Waals surface area contributed by atoms with E-state index in [0.29, 0.717) is 0 Å². The smallest absolute Gasteiger partial charge is 0.180 e. The van der Waals surface area contributed by atoms with Gasteiger partial charge in [0, 0.05) is 24.3 Å². The van der Waals surface area contributed by atoms with Crippen LogP contribution < -0.4 is 10.6 Å². The third kappa shape index (κ3) is 2.26. The molecule has 6 heteroatoms. The number of aryl methyl sites for hydroxylation is 1. The summed E-state index contributed by atoms with van der Waals surface area (Å²) in [6.07, 6.45) is 5.61. The lowest BCUT2D eigenvalue weighted by molar-refractivity contribution is 1.07. The minimum atomic E-state index is 0.770. The van der Waals surface area contributed by atoms with Gasteiger partial charge in [-0.05, 0) is 23.9 Å². The molecule has 0 bridgehead atoms. The number of hydrogen-bond donors (Lipinski definition) is 2. The molecule has 5 nitrogen and oxygen atoms in total.